The van der Waals surface area contributed by atoms with Crippen LogP contribution in [0.25, 0.3) is 11.1 Å². The molecule has 4 rings (SSSR count). The first-order chi connectivity index (χ1) is 12.0. The van der Waals surface area contributed by atoms with Gasteiger partial charge in [0.2, 0.25) is 0 Å². The Hall–Kier alpha value is -2.88. The van der Waals surface area contributed by atoms with Crippen LogP contribution in [0.5, 0.6) is 0 Å². The molecule has 25 heavy (non-hydrogen) atoms. The van der Waals surface area contributed by atoms with Crippen LogP contribution in [0.3, 0.4) is 0 Å². The highest BCUT2D eigenvalue weighted by Gasteiger charge is 2.23. The SMILES string of the molecule is Cc1noc(C(C)C)c1C(=O)Nc1ccc2c(c1)-c1ccccc1C2. The van der Waals surface area contributed by atoms with Gasteiger partial charge in [0, 0.05) is 11.6 Å². The Morgan fingerprint density at radius 2 is 1.88 bits per heavy atom. The first kappa shape index (κ1) is 15.6. The van der Waals surface area contributed by atoms with Crippen LogP contribution >= 0.6 is 0 Å². The minimum atomic E-state index is -0.173. The van der Waals surface area contributed by atoms with Gasteiger partial charge in [-0.2, -0.15) is 0 Å². The van der Waals surface area contributed by atoms with E-state index in [1.54, 1.807) is 6.92 Å². The monoisotopic (exact) mass is 332 g/mol. The van der Waals surface area contributed by atoms with Crippen molar-refractivity contribution in [3.8, 4) is 11.1 Å². The predicted octanol–water partition coefficient (Wildman–Crippen LogP) is 4.93. The summed E-state index contributed by atoms with van der Waals surface area (Å²) in [5.41, 5.74) is 7.01. The number of nitrogens with one attached hydrogen (secondary N) is 1. The van der Waals surface area contributed by atoms with Crippen LogP contribution in [0.4, 0.5) is 5.69 Å². The Balaban J connectivity index is 1.66. The Morgan fingerprint density at radius 3 is 2.68 bits per heavy atom. The molecule has 0 unspecified atom stereocenters. The Kier molecular flexibility index (Phi) is 3.68. The number of carbonyl (C=O) groups excluding carboxylic acids is 1. The normalized spacial score (nSPS) is 12.2. The number of benzene rings is 2. The van der Waals surface area contributed by atoms with Crippen LogP contribution in [-0.2, 0) is 6.42 Å². The molecule has 1 aromatic heterocycles. The lowest BCUT2D eigenvalue weighted by molar-refractivity contribution is 0.102. The van der Waals surface area contributed by atoms with Crippen molar-refractivity contribution in [1.29, 1.82) is 0 Å². The summed E-state index contributed by atoms with van der Waals surface area (Å²) in [6, 6.07) is 14.5. The van der Waals surface area contributed by atoms with E-state index < -0.39 is 0 Å². The molecule has 1 aliphatic rings. The Morgan fingerprint density at radius 1 is 1.12 bits per heavy atom. The first-order valence-electron chi connectivity index (χ1n) is 8.53. The largest absolute Gasteiger partial charge is 0.360 e. The van der Waals surface area contributed by atoms with Crippen molar-refractivity contribution in [2.45, 2.75) is 33.1 Å². The van der Waals surface area contributed by atoms with Crippen molar-refractivity contribution in [1.82, 2.24) is 5.16 Å². The molecule has 4 nitrogen and oxygen atoms in total. The topological polar surface area (TPSA) is 55.1 Å². The van der Waals surface area contributed by atoms with Crippen LogP contribution in [0.2, 0.25) is 0 Å². The van der Waals surface area contributed by atoms with Crippen LogP contribution in [-0.4, -0.2) is 11.1 Å². The van der Waals surface area contributed by atoms with Gasteiger partial charge in [-0.1, -0.05) is 49.3 Å². The predicted molar refractivity (Wildman–Crippen MR) is 98.0 cm³/mol. The van der Waals surface area contributed by atoms with E-state index in [1.165, 1.54) is 22.3 Å². The van der Waals surface area contributed by atoms with Gasteiger partial charge in [-0.3, -0.25) is 4.79 Å². The van der Waals surface area contributed by atoms with Crippen molar-refractivity contribution >= 4 is 11.6 Å². The first-order valence-corrected chi connectivity index (χ1v) is 8.53. The van der Waals surface area contributed by atoms with Crippen molar-refractivity contribution in [3.63, 3.8) is 0 Å². The van der Waals surface area contributed by atoms with Crippen LogP contribution in [0, 0.1) is 6.92 Å². The Labute approximate surface area is 146 Å². The molecule has 0 aliphatic heterocycles. The molecule has 0 atom stereocenters. The summed E-state index contributed by atoms with van der Waals surface area (Å²) in [7, 11) is 0. The molecular weight excluding hydrogens is 312 g/mol. The van der Waals surface area contributed by atoms with Crippen molar-refractivity contribution in [3.05, 3.63) is 70.6 Å². The second-order valence-electron chi connectivity index (χ2n) is 6.82. The third-order valence-electron chi connectivity index (χ3n) is 4.70. The van der Waals surface area contributed by atoms with E-state index in [2.05, 4.69) is 46.9 Å². The maximum atomic E-state index is 12.8. The summed E-state index contributed by atoms with van der Waals surface area (Å²) in [6.07, 6.45) is 0.946. The number of amides is 1. The zero-order valence-electron chi connectivity index (χ0n) is 14.6. The van der Waals surface area contributed by atoms with Crippen LogP contribution < -0.4 is 5.32 Å². The van der Waals surface area contributed by atoms with E-state index in [1.807, 2.05) is 19.9 Å². The van der Waals surface area contributed by atoms with Gasteiger partial charge in [0.15, 0.2) is 5.76 Å². The molecule has 1 amide bonds. The van der Waals surface area contributed by atoms with E-state index in [0.717, 1.165) is 12.1 Å². The number of hydrogen-bond acceptors (Lipinski definition) is 3. The number of aryl methyl sites for hydroxylation is 1. The summed E-state index contributed by atoms with van der Waals surface area (Å²) in [5, 5.41) is 6.95. The fraction of sp³-hybridized carbons (Fsp3) is 0.238. The zero-order chi connectivity index (χ0) is 17.6. The lowest BCUT2D eigenvalue weighted by Gasteiger charge is -2.09. The highest BCUT2D eigenvalue weighted by atomic mass is 16.5. The molecule has 1 aliphatic carbocycles. The summed E-state index contributed by atoms with van der Waals surface area (Å²) >= 11 is 0. The number of rotatable bonds is 3. The molecule has 0 saturated carbocycles. The minimum Gasteiger partial charge on any atom is -0.360 e. The minimum absolute atomic E-state index is 0.105. The average molecular weight is 332 g/mol. The van der Waals surface area contributed by atoms with Gasteiger partial charge in [-0.15, -0.1) is 0 Å². The van der Waals surface area contributed by atoms with E-state index in [-0.39, 0.29) is 11.8 Å². The maximum absolute atomic E-state index is 12.8. The van der Waals surface area contributed by atoms with Crippen molar-refractivity contribution < 1.29 is 9.32 Å². The average Bonchev–Trinajstić information content (AvgIpc) is 3.15. The van der Waals surface area contributed by atoms with Gasteiger partial charge in [0.05, 0.1) is 5.69 Å². The standard InChI is InChI=1S/C21H20N2O2/c1-12(2)20-19(13(3)23-25-20)21(24)22-16-9-8-15-10-14-6-4-5-7-17(14)18(15)11-16/h4-9,11-12H,10H2,1-3H3,(H,22,24). The van der Waals surface area contributed by atoms with Crippen LogP contribution in [0.15, 0.2) is 47.0 Å². The third kappa shape index (κ3) is 2.64. The van der Waals surface area contributed by atoms with Gasteiger partial charge in [0.1, 0.15) is 5.56 Å². The lowest BCUT2D eigenvalue weighted by Crippen LogP contribution is -2.14. The molecule has 126 valence electrons. The summed E-state index contributed by atoms with van der Waals surface area (Å²) < 4.78 is 5.33. The molecule has 4 heteroatoms. The molecular formula is C21H20N2O2. The van der Waals surface area contributed by atoms with Crippen molar-refractivity contribution in [2.75, 3.05) is 5.32 Å². The van der Waals surface area contributed by atoms with Gasteiger partial charge >= 0.3 is 0 Å². The summed E-state index contributed by atoms with van der Waals surface area (Å²) in [6.45, 7) is 5.77. The molecule has 2 aromatic carbocycles. The zero-order valence-corrected chi connectivity index (χ0v) is 14.6. The molecule has 0 bridgehead atoms. The molecule has 0 spiro atoms. The van der Waals surface area contributed by atoms with Gasteiger partial charge in [-0.05, 0) is 47.7 Å². The molecule has 0 saturated heterocycles. The van der Waals surface area contributed by atoms with E-state index in [4.69, 9.17) is 4.52 Å². The number of aromatic nitrogens is 1. The van der Waals surface area contributed by atoms with Gasteiger partial charge in [0.25, 0.3) is 5.91 Å². The summed E-state index contributed by atoms with van der Waals surface area (Å²) in [5.74, 6) is 0.559. The second-order valence-corrected chi connectivity index (χ2v) is 6.82. The molecule has 1 N–H and O–H groups in total. The van der Waals surface area contributed by atoms with E-state index >= 15 is 0 Å². The highest BCUT2D eigenvalue weighted by molar-refractivity contribution is 6.06. The van der Waals surface area contributed by atoms with Crippen LogP contribution in [0.1, 0.15) is 52.7 Å². The highest BCUT2D eigenvalue weighted by Crippen LogP contribution is 2.38. The molecule has 0 radical (unpaired) electrons. The number of nitrogens with zero attached hydrogens (tertiary/aromatic N) is 1. The lowest BCUT2D eigenvalue weighted by atomic mass is 10.0. The maximum Gasteiger partial charge on any atom is 0.261 e. The quantitative estimate of drug-likeness (QED) is 0.579. The fourth-order valence-electron chi connectivity index (χ4n) is 3.45. The number of carbonyl (C=O) groups is 1. The third-order valence-corrected chi connectivity index (χ3v) is 4.70. The number of hydrogen-bond donors (Lipinski definition) is 1. The molecule has 0 fully saturated rings. The number of fused-ring (bicyclic) bond motifs is 3. The van der Waals surface area contributed by atoms with E-state index in [0.29, 0.717) is 17.0 Å². The second kappa shape index (κ2) is 5.88. The smallest absolute Gasteiger partial charge is 0.261 e. The fourth-order valence-corrected chi connectivity index (χ4v) is 3.45. The van der Waals surface area contributed by atoms with Gasteiger partial charge in [-0.25, -0.2) is 0 Å². The summed E-state index contributed by atoms with van der Waals surface area (Å²) in [4.78, 5) is 12.8. The van der Waals surface area contributed by atoms with Crippen molar-refractivity contribution in [2.24, 2.45) is 0 Å². The van der Waals surface area contributed by atoms with Gasteiger partial charge < -0.3 is 9.84 Å². The molecule has 3 aromatic rings. The van der Waals surface area contributed by atoms with E-state index in [9.17, 15) is 4.79 Å². The Bertz CT molecular complexity index is 970. The number of anilines is 1. The molecule has 1 heterocycles.